The molecule has 0 amide bonds. The molecular weight excluding hydrogens is 256 g/mol. The van der Waals surface area contributed by atoms with Crippen molar-refractivity contribution in [1.82, 2.24) is 9.97 Å². The van der Waals surface area contributed by atoms with Gasteiger partial charge in [-0.1, -0.05) is 0 Å². The Morgan fingerprint density at radius 3 is 3.16 bits per heavy atom. The van der Waals surface area contributed by atoms with Gasteiger partial charge in [-0.25, -0.2) is 9.97 Å². The Morgan fingerprint density at radius 2 is 2.32 bits per heavy atom. The number of piperidine rings is 1. The molecule has 1 aliphatic heterocycles. The standard InChI is InChI=1S/C14H20N4S/c1-10-8-19-13-12(10)16-9-17-14(13)18-7-3-2-4-11(18)5-6-15/h8-9,11H,2-7,15H2,1H3. The van der Waals surface area contributed by atoms with Gasteiger partial charge in [0.05, 0.1) is 10.2 Å². The van der Waals surface area contributed by atoms with Crippen LogP contribution in [0.5, 0.6) is 0 Å². The topological polar surface area (TPSA) is 55.0 Å². The van der Waals surface area contributed by atoms with E-state index in [2.05, 4.69) is 27.2 Å². The van der Waals surface area contributed by atoms with E-state index in [0.29, 0.717) is 6.04 Å². The van der Waals surface area contributed by atoms with Crippen molar-refractivity contribution in [3.05, 3.63) is 17.3 Å². The van der Waals surface area contributed by atoms with Crippen molar-refractivity contribution < 1.29 is 0 Å². The van der Waals surface area contributed by atoms with E-state index >= 15 is 0 Å². The molecule has 1 unspecified atom stereocenters. The van der Waals surface area contributed by atoms with Crippen LogP contribution in [0.15, 0.2) is 11.7 Å². The Balaban J connectivity index is 2.01. The van der Waals surface area contributed by atoms with Crippen molar-refractivity contribution >= 4 is 27.4 Å². The van der Waals surface area contributed by atoms with Gasteiger partial charge >= 0.3 is 0 Å². The maximum absolute atomic E-state index is 5.76. The van der Waals surface area contributed by atoms with Gasteiger partial charge in [0.15, 0.2) is 0 Å². The Kier molecular flexibility index (Phi) is 3.66. The molecular formula is C14H20N4S. The number of hydrogen-bond acceptors (Lipinski definition) is 5. The van der Waals surface area contributed by atoms with Crippen molar-refractivity contribution in [2.24, 2.45) is 5.73 Å². The number of hydrogen-bond donors (Lipinski definition) is 1. The molecule has 0 spiro atoms. The summed E-state index contributed by atoms with van der Waals surface area (Å²) in [6.45, 7) is 3.95. The maximum Gasteiger partial charge on any atom is 0.150 e. The number of nitrogens with two attached hydrogens (primary N) is 1. The van der Waals surface area contributed by atoms with Gasteiger partial charge in [-0.15, -0.1) is 11.3 Å². The molecule has 3 rings (SSSR count). The van der Waals surface area contributed by atoms with Crippen LogP contribution in [0, 0.1) is 6.92 Å². The summed E-state index contributed by atoms with van der Waals surface area (Å²) in [6.07, 6.45) is 6.53. The van der Waals surface area contributed by atoms with E-state index in [0.717, 1.165) is 30.8 Å². The van der Waals surface area contributed by atoms with Crippen LogP contribution in [0.4, 0.5) is 5.82 Å². The zero-order valence-electron chi connectivity index (χ0n) is 11.3. The minimum absolute atomic E-state index is 0.541. The van der Waals surface area contributed by atoms with Crippen molar-refractivity contribution in [1.29, 1.82) is 0 Å². The number of fused-ring (bicyclic) bond motifs is 1. The molecule has 0 aliphatic carbocycles. The molecule has 2 aromatic heterocycles. The monoisotopic (exact) mass is 276 g/mol. The van der Waals surface area contributed by atoms with E-state index in [9.17, 15) is 0 Å². The normalized spacial score (nSPS) is 20.1. The van der Waals surface area contributed by atoms with Crippen LogP contribution in [0.3, 0.4) is 0 Å². The second-order valence-electron chi connectivity index (χ2n) is 5.21. The second kappa shape index (κ2) is 5.43. The average Bonchev–Trinajstić information content (AvgIpc) is 2.82. The molecule has 19 heavy (non-hydrogen) atoms. The van der Waals surface area contributed by atoms with Crippen LogP contribution in [-0.2, 0) is 0 Å². The molecule has 1 saturated heterocycles. The molecule has 102 valence electrons. The number of rotatable bonds is 3. The van der Waals surface area contributed by atoms with Gasteiger partial charge in [-0.05, 0) is 50.1 Å². The molecule has 0 aromatic carbocycles. The fraction of sp³-hybridized carbons (Fsp3) is 0.571. The highest BCUT2D eigenvalue weighted by atomic mass is 32.1. The molecule has 1 atom stereocenters. The zero-order chi connectivity index (χ0) is 13.2. The van der Waals surface area contributed by atoms with E-state index in [1.165, 1.54) is 29.5 Å². The lowest BCUT2D eigenvalue weighted by Crippen LogP contribution is -2.41. The number of anilines is 1. The molecule has 5 heteroatoms. The van der Waals surface area contributed by atoms with Gasteiger partial charge in [0.1, 0.15) is 12.1 Å². The smallest absolute Gasteiger partial charge is 0.150 e. The van der Waals surface area contributed by atoms with E-state index in [-0.39, 0.29) is 0 Å². The highest BCUT2D eigenvalue weighted by Gasteiger charge is 2.25. The summed E-state index contributed by atoms with van der Waals surface area (Å²) in [7, 11) is 0. The largest absolute Gasteiger partial charge is 0.352 e. The van der Waals surface area contributed by atoms with Crippen molar-refractivity contribution in [2.45, 2.75) is 38.6 Å². The van der Waals surface area contributed by atoms with Crippen LogP contribution in [-0.4, -0.2) is 29.1 Å². The lowest BCUT2D eigenvalue weighted by molar-refractivity contribution is 0.440. The third kappa shape index (κ3) is 2.32. The molecule has 2 aromatic rings. The predicted octanol–water partition coefficient (Wildman–Crippen LogP) is 2.71. The van der Waals surface area contributed by atoms with Crippen LogP contribution in [0.1, 0.15) is 31.2 Å². The Bertz CT molecular complexity index is 564. The second-order valence-corrected chi connectivity index (χ2v) is 6.09. The first-order valence-corrected chi connectivity index (χ1v) is 7.84. The zero-order valence-corrected chi connectivity index (χ0v) is 12.1. The van der Waals surface area contributed by atoms with E-state index < -0.39 is 0 Å². The Morgan fingerprint density at radius 1 is 1.42 bits per heavy atom. The van der Waals surface area contributed by atoms with Gasteiger partial charge < -0.3 is 10.6 Å². The van der Waals surface area contributed by atoms with E-state index in [4.69, 9.17) is 5.73 Å². The minimum atomic E-state index is 0.541. The van der Waals surface area contributed by atoms with Gasteiger partial charge in [-0.3, -0.25) is 0 Å². The first-order chi connectivity index (χ1) is 9.31. The molecule has 0 radical (unpaired) electrons. The third-order valence-electron chi connectivity index (χ3n) is 3.91. The van der Waals surface area contributed by atoms with Crippen molar-refractivity contribution in [3.63, 3.8) is 0 Å². The molecule has 0 bridgehead atoms. The quantitative estimate of drug-likeness (QED) is 0.936. The highest BCUT2D eigenvalue weighted by Crippen LogP contribution is 2.34. The van der Waals surface area contributed by atoms with E-state index in [1.807, 2.05) is 0 Å². The number of aryl methyl sites for hydroxylation is 1. The van der Waals surface area contributed by atoms with Crippen LogP contribution < -0.4 is 10.6 Å². The van der Waals surface area contributed by atoms with Crippen molar-refractivity contribution in [3.8, 4) is 0 Å². The highest BCUT2D eigenvalue weighted by molar-refractivity contribution is 7.18. The Hall–Kier alpha value is -1.20. The van der Waals surface area contributed by atoms with Gasteiger partial charge in [-0.2, -0.15) is 0 Å². The molecule has 1 aliphatic rings. The minimum Gasteiger partial charge on any atom is -0.352 e. The summed E-state index contributed by atoms with van der Waals surface area (Å²) in [4.78, 5) is 11.4. The fourth-order valence-corrected chi connectivity index (χ4v) is 3.94. The number of nitrogens with zero attached hydrogens (tertiary/aromatic N) is 3. The van der Waals surface area contributed by atoms with Crippen LogP contribution in [0.2, 0.25) is 0 Å². The van der Waals surface area contributed by atoms with E-state index in [1.54, 1.807) is 17.7 Å². The molecule has 4 nitrogen and oxygen atoms in total. The summed E-state index contributed by atoms with van der Waals surface area (Å²) in [5.74, 6) is 1.11. The predicted molar refractivity (Wildman–Crippen MR) is 80.8 cm³/mol. The fourth-order valence-electron chi connectivity index (χ4n) is 2.93. The first kappa shape index (κ1) is 12.8. The molecule has 2 N–H and O–H groups in total. The van der Waals surface area contributed by atoms with Crippen LogP contribution in [0.25, 0.3) is 10.2 Å². The molecule has 1 fully saturated rings. The first-order valence-electron chi connectivity index (χ1n) is 6.96. The Labute approximate surface area is 117 Å². The van der Waals surface area contributed by atoms with Crippen LogP contribution >= 0.6 is 11.3 Å². The molecule has 0 saturated carbocycles. The molecule has 3 heterocycles. The number of thiophene rings is 1. The SMILES string of the molecule is Cc1csc2c(N3CCCCC3CCN)ncnc12. The summed E-state index contributed by atoms with van der Waals surface area (Å²) >= 11 is 1.76. The summed E-state index contributed by atoms with van der Waals surface area (Å²) in [6, 6.07) is 0.541. The lowest BCUT2D eigenvalue weighted by atomic mass is 9.99. The number of aromatic nitrogens is 2. The lowest BCUT2D eigenvalue weighted by Gasteiger charge is -2.36. The summed E-state index contributed by atoms with van der Waals surface area (Å²) in [5, 5.41) is 2.17. The average molecular weight is 276 g/mol. The summed E-state index contributed by atoms with van der Waals surface area (Å²) < 4.78 is 1.23. The summed E-state index contributed by atoms with van der Waals surface area (Å²) in [5.41, 5.74) is 8.11. The van der Waals surface area contributed by atoms with Crippen molar-refractivity contribution in [2.75, 3.05) is 18.0 Å². The third-order valence-corrected chi connectivity index (χ3v) is 4.99. The maximum atomic E-state index is 5.76. The van der Waals surface area contributed by atoms with Gasteiger partial charge in [0.2, 0.25) is 0 Å². The van der Waals surface area contributed by atoms with Gasteiger partial charge in [0, 0.05) is 12.6 Å². The van der Waals surface area contributed by atoms with Gasteiger partial charge in [0.25, 0.3) is 0 Å².